The van der Waals surface area contributed by atoms with Crippen LogP contribution in [-0.4, -0.2) is 77.4 Å². The van der Waals surface area contributed by atoms with Gasteiger partial charge in [0.2, 0.25) is 0 Å². The van der Waals surface area contributed by atoms with Crippen LogP contribution < -0.4 is 5.32 Å². The molecule has 1 fully saturated rings. The largest absolute Gasteiger partial charge is 0.394 e. The zero-order valence-corrected chi connectivity index (χ0v) is 13.1. The topological polar surface area (TPSA) is 111 Å². The Bertz CT molecular complexity index is 301. The van der Waals surface area contributed by atoms with E-state index in [1.807, 2.05) is 7.05 Å². The van der Waals surface area contributed by atoms with Gasteiger partial charge in [0.25, 0.3) is 0 Å². The van der Waals surface area contributed by atoms with Crippen LogP contribution >= 0.6 is 0 Å². The van der Waals surface area contributed by atoms with Crippen LogP contribution in [0.25, 0.3) is 0 Å². The number of rotatable bonds is 7. The zero-order chi connectivity index (χ0) is 16.2. The quantitative estimate of drug-likeness (QED) is 0.397. The van der Waals surface area contributed by atoms with Gasteiger partial charge in [0.1, 0.15) is 24.4 Å². The molecule has 5 N–H and O–H groups in total. The molecule has 5 unspecified atom stereocenters. The lowest BCUT2D eigenvalue weighted by Gasteiger charge is -2.40. The Morgan fingerprint density at radius 3 is 2.19 bits per heavy atom. The van der Waals surface area contributed by atoms with Crippen molar-refractivity contribution in [3.05, 3.63) is 0 Å². The summed E-state index contributed by atoms with van der Waals surface area (Å²) in [7, 11) is 1.83. The van der Waals surface area contributed by atoms with Crippen LogP contribution in [0.4, 0.5) is 0 Å². The third kappa shape index (κ3) is 4.59. The Balaban J connectivity index is 2.60. The SMILES string of the molecule is CN[C@@H](COC1OC(CO)C(O)C(O)C1O)[C@H](C)C(C)C. The average molecular weight is 307 g/mol. The number of ether oxygens (including phenoxy) is 2. The molecule has 0 radical (unpaired) electrons. The van der Waals surface area contributed by atoms with E-state index >= 15 is 0 Å². The monoisotopic (exact) mass is 307 g/mol. The van der Waals surface area contributed by atoms with Gasteiger partial charge < -0.3 is 35.2 Å². The molecule has 1 aliphatic rings. The van der Waals surface area contributed by atoms with Crippen LogP contribution in [0.2, 0.25) is 0 Å². The van der Waals surface area contributed by atoms with E-state index < -0.39 is 37.3 Å². The molecule has 0 aromatic heterocycles. The highest BCUT2D eigenvalue weighted by atomic mass is 16.7. The summed E-state index contributed by atoms with van der Waals surface area (Å²) in [4.78, 5) is 0. The van der Waals surface area contributed by atoms with Crippen molar-refractivity contribution >= 4 is 0 Å². The fourth-order valence-corrected chi connectivity index (χ4v) is 2.37. The summed E-state index contributed by atoms with van der Waals surface area (Å²) in [6, 6.07) is 0.0670. The van der Waals surface area contributed by atoms with Gasteiger partial charge in [0.15, 0.2) is 6.29 Å². The second-order valence-corrected chi connectivity index (χ2v) is 6.03. The first-order chi connectivity index (χ1) is 9.83. The van der Waals surface area contributed by atoms with Crippen molar-refractivity contribution in [2.45, 2.75) is 57.5 Å². The standard InChI is InChI=1S/C14H29NO6/c1-7(2)8(3)9(15-4)6-20-14-13(19)12(18)11(17)10(5-16)21-14/h7-19H,5-6H2,1-4H3/t8-,9+,10?,11?,12?,13?,14?/m1/s1. The Hall–Kier alpha value is -0.280. The van der Waals surface area contributed by atoms with Crippen LogP contribution in [0.3, 0.4) is 0 Å². The maximum Gasteiger partial charge on any atom is 0.186 e. The van der Waals surface area contributed by atoms with Gasteiger partial charge in [-0.25, -0.2) is 0 Å². The van der Waals surface area contributed by atoms with Crippen LogP contribution in [0, 0.1) is 11.8 Å². The lowest BCUT2D eigenvalue weighted by Crippen LogP contribution is -2.59. The van der Waals surface area contributed by atoms with Gasteiger partial charge in [-0.3, -0.25) is 0 Å². The van der Waals surface area contributed by atoms with Crippen LogP contribution in [-0.2, 0) is 9.47 Å². The summed E-state index contributed by atoms with van der Waals surface area (Å²) in [5, 5.41) is 41.6. The van der Waals surface area contributed by atoms with E-state index in [-0.39, 0.29) is 6.04 Å². The second-order valence-electron chi connectivity index (χ2n) is 6.03. The zero-order valence-electron chi connectivity index (χ0n) is 13.1. The van der Waals surface area contributed by atoms with E-state index in [1.54, 1.807) is 0 Å². The first-order valence-corrected chi connectivity index (χ1v) is 7.42. The Kier molecular flexibility index (Phi) is 7.49. The summed E-state index contributed by atoms with van der Waals surface area (Å²) in [6.45, 7) is 6.16. The highest BCUT2D eigenvalue weighted by Crippen LogP contribution is 2.23. The molecule has 0 amide bonds. The summed E-state index contributed by atoms with van der Waals surface area (Å²) in [6.07, 6.45) is -6.13. The van der Waals surface area contributed by atoms with E-state index in [0.717, 1.165) is 0 Å². The van der Waals surface area contributed by atoms with Gasteiger partial charge in [-0.05, 0) is 18.9 Å². The van der Waals surface area contributed by atoms with Gasteiger partial charge in [-0.15, -0.1) is 0 Å². The van der Waals surface area contributed by atoms with Crippen molar-refractivity contribution < 1.29 is 29.9 Å². The van der Waals surface area contributed by atoms with E-state index in [1.165, 1.54) is 0 Å². The third-order valence-electron chi connectivity index (χ3n) is 4.35. The molecular weight excluding hydrogens is 278 g/mol. The molecule has 0 aromatic carbocycles. The summed E-state index contributed by atoms with van der Waals surface area (Å²) < 4.78 is 10.9. The molecule has 7 atom stereocenters. The van der Waals surface area contributed by atoms with Gasteiger partial charge in [-0.2, -0.15) is 0 Å². The van der Waals surface area contributed by atoms with Crippen molar-refractivity contribution in [3.63, 3.8) is 0 Å². The summed E-state index contributed by atoms with van der Waals surface area (Å²) in [5.41, 5.74) is 0. The first kappa shape index (κ1) is 18.8. The van der Waals surface area contributed by atoms with Crippen molar-refractivity contribution in [1.82, 2.24) is 5.32 Å². The smallest absolute Gasteiger partial charge is 0.186 e. The lowest BCUT2D eigenvalue weighted by atomic mass is 9.91. The molecule has 1 saturated heterocycles. The third-order valence-corrected chi connectivity index (χ3v) is 4.35. The number of nitrogens with one attached hydrogen (secondary N) is 1. The van der Waals surface area contributed by atoms with Crippen molar-refractivity contribution in [1.29, 1.82) is 0 Å². The molecule has 1 heterocycles. The van der Waals surface area contributed by atoms with E-state index in [4.69, 9.17) is 14.6 Å². The molecule has 0 spiro atoms. The molecule has 0 saturated carbocycles. The van der Waals surface area contributed by atoms with Crippen LogP contribution in [0.5, 0.6) is 0 Å². The molecule has 1 aliphatic heterocycles. The fourth-order valence-electron chi connectivity index (χ4n) is 2.37. The molecule has 7 heteroatoms. The molecule has 0 aromatic rings. The predicted octanol–water partition coefficient (Wildman–Crippen LogP) is -1.32. The minimum absolute atomic E-state index is 0.0670. The van der Waals surface area contributed by atoms with E-state index in [0.29, 0.717) is 18.4 Å². The molecule has 21 heavy (non-hydrogen) atoms. The highest BCUT2D eigenvalue weighted by molar-refractivity contribution is 4.89. The minimum atomic E-state index is -1.41. The normalized spacial score (nSPS) is 36.7. The molecular formula is C14H29NO6. The Labute approximate surface area is 125 Å². The minimum Gasteiger partial charge on any atom is -0.394 e. The molecule has 7 nitrogen and oxygen atoms in total. The number of aliphatic hydroxyl groups is 4. The highest BCUT2D eigenvalue weighted by Gasteiger charge is 2.44. The number of hydrogen-bond acceptors (Lipinski definition) is 7. The van der Waals surface area contributed by atoms with Gasteiger partial charge in [-0.1, -0.05) is 20.8 Å². The van der Waals surface area contributed by atoms with Crippen molar-refractivity contribution in [2.75, 3.05) is 20.3 Å². The molecule has 0 aliphatic carbocycles. The second kappa shape index (κ2) is 8.38. The van der Waals surface area contributed by atoms with Crippen molar-refractivity contribution in [3.8, 4) is 0 Å². The summed E-state index contributed by atoms with van der Waals surface area (Å²) >= 11 is 0. The van der Waals surface area contributed by atoms with Crippen LogP contribution in [0.15, 0.2) is 0 Å². The number of hydrogen-bond donors (Lipinski definition) is 5. The van der Waals surface area contributed by atoms with Gasteiger partial charge >= 0.3 is 0 Å². The van der Waals surface area contributed by atoms with E-state index in [2.05, 4.69) is 26.1 Å². The fraction of sp³-hybridized carbons (Fsp3) is 1.00. The molecule has 1 rings (SSSR count). The maximum atomic E-state index is 9.89. The first-order valence-electron chi connectivity index (χ1n) is 7.42. The van der Waals surface area contributed by atoms with E-state index in [9.17, 15) is 15.3 Å². The molecule has 0 bridgehead atoms. The predicted molar refractivity (Wildman–Crippen MR) is 76.6 cm³/mol. The summed E-state index contributed by atoms with van der Waals surface area (Å²) in [5.74, 6) is 0.806. The van der Waals surface area contributed by atoms with Crippen molar-refractivity contribution in [2.24, 2.45) is 11.8 Å². The Morgan fingerprint density at radius 2 is 1.71 bits per heavy atom. The lowest BCUT2D eigenvalue weighted by molar-refractivity contribution is -0.302. The number of likely N-dealkylation sites (N-methyl/N-ethyl adjacent to an activating group) is 1. The average Bonchev–Trinajstić information content (AvgIpc) is 2.47. The maximum absolute atomic E-state index is 9.89. The van der Waals surface area contributed by atoms with Crippen LogP contribution in [0.1, 0.15) is 20.8 Å². The molecule has 126 valence electrons. The number of aliphatic hydroxyl groups excluding tert-OH is 4. The Morgan fingerprint density at radius 1 is 1.10 bits per heavy atom. The van der Waals surface area contributed by atoms with Gasteiger partial charge in [0, 0.05) is 6.04 Å². The van der Waals surface area contributed by atoms with Gasteiger partial charge in [0.05, 0.1) is 13.2 Å².